The van der Waals surface area contributed by atoms with Crippen LogP contribution in [0.1, 0.15) is 18.2 Å². The van der Waals surface area contributed by atoms with Gasteiger partial charge in [0.25, 0.3) is 0 Å². The number of rotatable bonds is 3. The molecule has 1 aliphatic heterocycles. The minimum absolute atomic E-state index is 0.0191. The molecule has 0 fully saturated rings. The largest absolute Gasteiger partial charge is 0.508 e. The van der Waals surface area contributed by atoms with Gasteiger partial charge in [0.1, 0.15) is 30.4 Å². The molecule has 1 aliphatic rings. The van der Waals surface area contributed by atoms with Crippen molar-refractivity contribution in [1.29, 1.82) is 0 Å². The van der Waals surface area contributed by atoms with Crippen LogP contribution >= 0.6 is 0 Å². The quantitative estimate of drug-likeness (QED) is 0.667. The lowest BCUT2D eigenvalue weighted by atomic mass is 9.95. The van der Waals surface area contributed by atoms with Gasteiger partial charge in [0.2, 0.25) is 0 Å². The molecule has 0 radical (unpaired) electrons. The molecule has 3 N–H and O–H groups in total. The van der Waals surface area contributed by atoms with Crippen LogP contribution in [0.3, 0.4) is 0 Å². The van der Waals surface area contributed by atoms with Crippen molar-refractivity contribution in [2.24, 2.45) is 0 Å². The first-order chi connectivity index (χ1) is 12.6. The summed E-state index contributed by atoms with van der Waals surface area (Å²) in [5, 5.41) is 27.8. The second-order valence-electron chi connectivity index (χ2n) is 6.25. The molecule has 4 rings (SSSR count). The molecule has 6 heteroatoms. The first-order valence-corrected chi connectivity index (χ1v) is 8.59. The molecule has 2 aromatic carbocycles. The molecule has 0 amide bonds. The molecule has 0 atom stereocenters. The number of ether oxygens (including phenoxy) is 2. The van der Waals surface area contributed by atoms with E-state index >= 15 is 0 Å². The summed E-state index contributed by atoms with van der Waals surface area (Å²) in [6.45, 7) is 4.88. The summed E-state index contributed by atoms with van der Waals surface area (Å²) in [5.41, 5.74) is 4.47. The third-order valence-electron chi connectivity index (χ3n) is 4.62. The monoisotopic (exact) mass is 352 g/mol. The number of fused-ring (bicyclic) bond motifs is 1. The Morgan fingerprint density at radius 3 is 2.69 bits per heavy atom. The van der Waals surface area contributed by atoms with Crippen molar-refractivity contribution in [3.63, 3.8) is 0 Å². The van der Waals surface area contributed by atoms with E-state index in [9.17, 15) is 10.2 Å². The molecule has 0 unspecified atom stereocenters. The van der Waals surface area contributed by atoms with E-state index in [-0.39, 0.29) is 11.5 Å². The number of phenolic OH excluding ortho intramolecular Hbond substituents is 2. The second-order valence-corrected chi connectivity index (χ2v) is 6.25. The van der Waals surface area contributed by atoms with Crippen LogP contribution in [-0.4, -0.2) is 33.6 Å². The molecule has 0 saturated heterocycles. The molecule has 0 saturated carbocycles. The van der Waals surface area contributed by atoms with E-state index in [1.54, 1.807) is 6.07 Å². The summed E-state index contributed by atoms with van der Waals surface area (Å²) in [7, 11) is 0. The first kappa shape index (κ1) is 16.3. The van der Waals surface area contributed by atoms with Crippen molar-refractivity contribution in [3.05, 3.63) is 41.6 Å². The number of aromatic hydroxyl groups is 2. The Labute approximate surface area is 151 Å². The molecule has 6 nitrogen and oxygen atoms in total. The molecule has 1 aromatic heterocycles. The maximum atomic E-state index is 10.4. The van der Waals surface area contributed by atoms with Gasteiger partial charge in [-0.25, -0.2) is 0 Å². The molecular formula is C20H20N2O4. The molecule has 2 heterocycles. The lowest BCUT2D eigenvalue weighted by molar-refractivity contribution is 0.172. The number of aromatic nitrogens is 2. The number of H-pyrrole nitrogens is 1. The van der Waals surface area contributed by atoms with Gasteiger partial charge in [-0.1, -0.05) is 19.1 Å². The predicted molar refractivity (Wildman–Crippen MR) is 97.9 cm³/mol. The molecular weight excluding hydrogens is 332 g/mol. The van der Waals surface area contributed by atoms with Gasteiger partial charge >= 0.3 is 0 Å². The second kappa shape index (κ2) is 6.29. The highest BCUT2D eigenvalue weighted by molar-refractivity contribution is 5.89. The number of aromatic amines is 1. The van der Waals surface area contributed by atoms with Crippen LogP contribution in [0, 0.1) is 6.92 Å². The van der Waals surface area contributed by atoms with Crippen LogP contribution < -0.4 is 9.47 Å². The first-order valence-electron chi connectivity index (χ1n) is 8.59. The summed E-state index contributed by atoms with van der Waals surface area (Å²) < 4.78 is 11.5. The SMILES string of the molecule is CCc1cc(-c2n[nH]c(C)c2-c2cccc3c2OCCO3)c(O)cc1O. The topological polar surface area (TPSA) is 87.6 Å². The number of hydrogen-bond acceptors (Lipinski definition) is 5. The standard InChI is InChI=1S/C20H20N2O4/c1-3-12-9-14(16(24)10-15(12)23)19-18(11(2)21-22-19)13-5-4-6-17-20(13)26-8-7-25-17/h4-6,9-10,23-24H,3,7-8H2,1-2H3,(H,21,22). The van der Waals surface area contributed by atoms with Crippen LogP contribution in [-0.2, 0) is 6.42 Å². The lowest BCUT2D eigenvalue weighted by Crippen LogP contribution is -2.15. The smallest absolute Gasteiger partial charge is 0.169 e. The lowest BCUT2D eigenvalue weighted by Gasteiger charge is -2.21. The van der Waals surface area contributed by atoms with E-state index in [0.29, 0.717) is 42.4 Å². The Morgan fingerprint density at radius 1 is 1.08 bits per heavy atom. The van der Waals surface area contributed by atoms with E-state index in [2.05, 4.69) is 10.2 Å². The number of phenols is 2. The van der Waals surface area contributed by atoms with Crippen LogP contribution in [0.4, 0.5) is 0 Å². The van der Waals surface area contributed by atoms with Crippen molar-refractivity contribution in [1.82, 2.24) is 10.2 Å². The van der Waals surface area contributed by atoms with Crippen LogP contribution in [0.5, 0.6) is 23.0 Å². The molecule has 26 heavy (non-hydrogen) atoms. The Morgan fingerprint density at radius 2 is 1.88 bits per heavy atom. The molecule has 3 aromatic rings. The number of para-hydroxylation sites is 1. The maximum absolute atomic E-state index is 10.4. The van der Waals surface area contributed by atoms with Gasteiger partial charge in [-0.05, 0) is 31.0 Å². The summed E-state index contributed by atoms with van der Waals surface area (Å²) >= 11 is 0. The Hall–Kier alpha value is -3.15. The zero-order chi connectivity index (χ0) is 18.3. The number of nitrogens with one attached hydrogen (secondary N) is 1. The van der Waals surface area contributed by atoms with E-state index in [1.165, 1.54) is 6.07 Å². The Bertz CT molecular complexity index is 978. The van der Waals surface area contributed by atoms with Crippen LogP contribution in [0.15, 0.2) is 30.3 Å². The van der Waals surface area contributed by atoms with Crippen molar-refractivity contribution < 1.29 is 19.7 Å². The Kier molecular flexibility index (Phi) is 3.95. The number of hydrogen-bond donors (Lipinski definition) is 3. The zero-order valence-corrected chi connectivity index (χ0v) is 14.7. The fraction of sp³-hybridized carbons (Fsp3) is 0.250. The van der Waals surface area contributed by atoms with Gasteiger partial charge < -0.3 is 19.7 Å². The van der Waals surface area contributed by atoms with Gasteiger partial charge in [-0.2, -0.15) is 5.10 Å². The molecule has 0 bridgehead atoms. The minimum Gasteiger partial charge on any atom is -0.508 e. The fourth-order valence-corrected chi connectivity index (χ4v) is 3.32. The fourth-order valence-electron chi connectivity index (χ4n) is 3.32. The van der Waals surface area contributed by atoms with Crippen molar-refractivity contribution in [3.8, 4) is 45.4 Å². The van der Waals surface area contributed by atoms with E-state index in [1.807, 2.05) is 32.0 Å². The Balaban J connectivity index is 1.94. The average Bonchev–Trinajstić information content (AvgIpc) is 3.02. The predicted octanol–water partition coefficient (Wildman–Crippen LogP) is 3.80. The van der Waals surface area contributed by atoms with Gasteiger partial charge in [0.15, 0.2) is 11.5 Å². The van der Waals surface area contributed by atoms with Crippen molar-refractivity contribution in [2.75, 3.05) is 13.2 Å². The van der Waals surface area contributed by atoms with Crippen molar-refractivity contribution >= 4 is 0 Å². The summed E-state index contributed by atoms with van der Waals surface area (Å²) in [5.74, 6) is 1.44. The van der Waals surface area contributed by atoms with E-state index in [0.717, 1.165) is 22.4 Å². The molecule has 134 valence electrons. The van der Waals surface area contributed by atoms with Gasteiger partial charge in [-0.3, -0.25) is 5.10 Å². The summed E-state index contributed by atoms with van der Waals surface area (Å²) in [6.07, 6.45) is 0.648. The maximum Gasteiger partial charge on any atom is 0.169 e. The third kappa shape index (κ3) is 2.54. The average molecular weight is 352 g/mol. The zero-order valence-electron chi connectivity index (χ0n) is 14.7. The highest BCUT2D eigenvalue weighted by atomic mass is 16.6. The molecule has 0 spiro atoms. The highest BCUT2D eigenvalue weighted by Gasteiger charge is 2.24. The summed E-state index contributed by atoms with van der Waals surface area (Å²) in [4.78, 5) is 0. The van der Waals surface area contributed by atoms with Gasteiger partial charge in [-0.15, -0.1) is 0 Å². The van der Waals surface area contributed by atoms with Crippen molar-refractivity contribution in [2.45, 2.75) is 20.3 Å². The number of nitrogens with zero attached hydrogens (tertiary/aromatic N) is 1. The van der Waals surface area contributed by atoms with Gasteiger partial charge in [0.05, 0.1) is 0 Å². The normalized spacial score (nSPS) is 13.0. The van der Waals surface area contributed by atoms with E-state index in [4.69, 9.17) is 9.47 Å². The third-order valence-corrected chi connectivity index (χ3v) is 4.62. The molecule has 0 aliphatic carbocycles. The van der Waals surface area contributed by atoms with Gasteiger partial charge in [0, 0.05) is 28.5 Å². The van der Waals surface area contributed by atoms with Crippen LogP contribution in [0.25, 0.3) is 22.4 Å². The minimum atomic E-state index is -0.0191. The number of benzene rings is 2. The number of aryl methyl sites for hydroxylation is 2. The van der Waals surface area contributed by atoms with Crippen LogP contribution in [0.2, 0.25) is 0 Å². The highest BCUT2D eigenvalue weighted by Crippen LogP contribution is 2.46. The van der Waals surface area contributed by atoms with E-state index < -0.39 is 0 Å². The summed E-state index contributed by atoms with van der Waals surface area (Å²) in [6, 6.07) is 8.87.